The number of carbonyl (C=O) groups excluding carboxylic acids is 1. The van der Waals surface area contributed by atoms with E-state index in [9.17, 15) is 4.79 Å². The van der Waals surface area contributed by atoms with E-state index in [1.165, 1.54) is 0 Å². The van der Waals surface area contributed by atoms with Crippen LogP contribution in [-0.4, -0.2) is 57.9 Å². The Labute approximate surface area is 172 Å². The molecule has 1 N–H and O–H groups in total. The SMILES string of the molecule is CCc1nc(NC(=O)[C@@H]2CCCCN2CC2CCOCC2)nn1-c1ccccc1. The second kappa shape index (κ2) is 9.50. The average Bonchev–Trinajstić information content (AvgIpc) is 3.18. The standard InChI is InChI=1S/C22H31N5O2/c1-2-20-23-22(25-27(20)18-8-4-3-5-9-18)24-21(28)19-10-6-7-13-26(19)16-17-11-14-29-15-12-17/h3-5,8-9,17,19H,2,6-7,10-16H2,1H3,(H,24,25,28)/t19-/m0/s1. The highest BCUT2D eigenvalue weighted by atomic mass is 16.5. The van der Waals surface area contributed by atoms with Gasteiger partial charge in [-0.3, -0.25) is 15.0 Å². The molecule has 0 bridgehead atoms. The number of nitrogens with one attached hydrogen (secondary N) is 1. The predicted molar refractivity (Wildman–Crippen MR) is 112 cm³/mol. The number of aryl methyl sites for hydroxylation is 1. The van der Waals surface area contributed by atoms with E-state index < -0.39 is 0 Å². The van der Waals surface area contributed by atoms with Gasteiger partial charge in [0.2, 0.25) is 11.9 Å². The van der Waals surface area contributed by atoms with Gasteiger partial charge in [0.15, 0.2) is 0 Å². The van der Waals surface area contributed by atoms with Gasteiger partial charge in [0, 0.05) is 26.2 Å². The lowest BCUT2D eigenvalue weighted by Crippen LogP contribution is -2.49. The Balaban J connectivity index is 1.45. The van der Waals surface area contributed by atoms with Gasteiger partial charge in [0.1, 0.15) is 5.82 Å². The molecular formula is C22H31N5O2. The Bertz CT molecular complexity index is 801. The van der Waals surface area contributed by atoms with Gasteiger partial charge in [0.25, 0.3) is 0 Å². The number of aromatic nitrogens is 3. The summed E-state index contributed by atoms with van der Waals surface area (Å²) in [7, 11) is 0. The van der Waals surface area contributed by atoms with Crippen molar-refractivity contribution < 1.29 is 9.53 Å². The van der Waals surface area contributed by atoms with Crippen LogP contribution in [0.2, 0.25) is 0 Å². The Morgan fingerprint density at radius 1 is 1.17 bits per heavy atom. The van der Waals surface area contributed by atoms with E-state index in [0.29, 0.717) is 11.9 Å². The molecule has 2 aliphatic heterocycles. The summed E-state index contributed by atoms with van der Waals surface area (Å²) in [6.45, 7) is 5.70. The van der Waals surface area contributed by atoms with E-state index >= 15 is 0 Å². The highest BCUT2D eigenvalue weighted by molar-refractivity contribution is 5.93. The summed E-state index contributed by atoms with van der Waals surface area (Å²) in [6.07, 6.45) is 6.08. The zero-order valence-electron chi connectivity index (χ0n) is 17.2. The molecule has 156 valence electrons. The van der Waals surface area contributed by atoms with Gasteiger partial charge < -0.3 is 4.74 Å². The van der Waals surface area contributed by atoms with Crippen LogP contribution in [0.4, 0.5) is 5.95 Å². The van der Waals surface area contributed by atoms with Crippen LogP contribution < -0.4 is 5.32 Å². The summed E-state index contributed by atoms with van der Waals surface area (Å²) in [4.78, 5) is 20.0. The molecule has 3 heterocycles. The minimum atomic E-state index is -0.0969. The fraction of sp³-hybridized carbons (Fsp3) is 0.591. The number of anilines is 1. The monoisotopic (exact) mass is 397 g/mol. The number of hydrogen-bond donors (Lipinski definition) is 1. The van der Waals surface area contributed by atoms with Crippen molar-refractivity contribution in [3.8, 4) is 5.69 Å². The average molecular weight is 398 g/mol. The van der Waals surface area contributed by atoms with Crippen molar-refractivity contribution >= 4 is 11.9 Å². The summed E-state index contributed by atoms with van der Waals surface area (Å²) < 4.78 is 7.30. The van der Waals surface area contributed by atoms with Gasteiger partial charge >= 0.3 is 0 Å². The molecule has 0 aliphatic carbocycles. The van der Waals surface area contributed by atoms with Crippen molar-refractivity contribution in [1.82, 2.24) is 19.7 Å². The number of amides is 1. The maximum atomic E-state index is 13.1. The fourth-order valence-electron chi connectivity index (χ4n) is 4.36. The number of hydrogen-bond acceptors (Lipinski definition) is 5. The highest BCUT2D eigenvalue weighted by Crippen LogP contribution is 2.23. The van der Waals surface area contributed by atoms with Crippen molar-refractivity contribution in [3.05, 3.63) is 36.2 Å². The van der Waals surface area contributed by atoms with E-state index in [4.69, 9.17) is 4.74 Å². The Morgan fingerprint density at radius 3 is 2.72 bits per heavy atom. The summed E-state index contributed by atoms with van der Waals surface area (Å²) in [5.41, 5.74) is 0.955. The minimum Gasteiger partial charge on any atom is -0.381 e. The zero-order valence-corrected chi connectivity index (χ0v) is 17.2. The molecule has 0 saturated carbocycles. The molecule has 7 heteroatoms. The summed E-state index contributed by atoms with van der Waals surface area (Å²) in [5, 5.41) is 7.56. The van der Waals surface area contributed by atoms with Gasteiger partial charge in [-0.1, -0.05) is 31.5 Å². The molecule has 2 aliphatic rings. The van der Waals surface area contributed by atoms with E-state index in [1.54, 1.807) is 0 Å². The number of rotatable bonds is 6. The Hall–Kier alpha value is -2.25. The number of para-hydroxylation sites is 1. The summed E-state index contributed by atoms with van der Waals surface area (Å²) in [5.74, 6) is 1.88. The topological polar surface area (TPSA) is 72.3 Å². The van der Waals surface area contributed by atoms with E-state index in [2.05, 4.69) is 20.3 Å². The zero-order chi connectivity index (χ0) is 20.1. The number of likely N-dealkylation sites (tertiary alicyclic amines) is 1. The number of carbonyl (C=O) groups is 1. The van der Waals surface area contributed by atoms with E-state index in [-0.39, 0.29) is 11.9 Å². The number of ether oxygens (including phenoxy) is 1. The molecule has 0 spiro atoms. The molecule has 0 radical (unpaired) electrons. The van der Waals surface area contributed by atoms with Crippen molar-refractivity contribution in [2.45, 2.75) is 51.5 Å². The molecule has 2 saturated heterocycles. The molecule has 1 atom stereocenters. The van der Waals surface area contributed by atoms with Crippen molar-refractivity contribution in [1.29, 1.82) is 0 Å². The van der Waals surface area contributed by atoms with Crippen LogP contribution in [0.1, 0.15) is 44.9 Å². The fourth-order valence-corrected chi connectivity index (χ4v) is 4.36. The first kappa shape index (κ1) is 20.0. The van der Waals surface area contributed by atoms with Gasteiger partial charge in [-0.2, -0.15) is 4.98 Å². The minimum absolute atomic E-state index is 0.0182. The van der Waals surface area contributed by atoms with Crippen LogP contribution in [0.3, 0.4) is 0 Å². The lowest BCUT2D eigenvalue weighted by atomic mass is 9.95. The summed E-state index contributed by atoms with van der Waals surface area (Å²) in [6, 6.07) is 9.83. The van der Waals surface area contributed by atoms with Crippen LogP contribution in [0.5, 0.6) is 0 Å². The van der Waals surface area contributed by atoms with Crippen molar-refractivity contribution in [2.75, 3.05) is 31.6 Å². The molecule has 0 unspecified atom stereocenters. The third-order valence-corrected chi connectivity index (χ3v) is 5.98. The number of piperidine rings is 1. The van der Waals surface area contributed by atoms with Crippen LogP contribution in [0.15, 0.2) is 30.3 Å². The maximum absolute atomic E-state index is 13.1. The number of benzene rings is 1. The van der Waals surface area contributed by atoms with Crippen LogP contribution in [-0.2, 0) is 16.0 Å². The normalized spacial score (nSPS) is 21.2. The third kappa shape index (κ3) is 4.85. The van der Waals surface area contributed by atoms with Crippen LogP contribution in [0.25, 0.3) is 5.69 Å². The second-order valence-corrected chi connectivity index (χ2v) is 8.00. The van der Waals surface area contributed by atoms with Crippen LogP contribution in [0, 0.1) is 5.92 Å². The summed E-state index contributed by atoms with van der Waals surface area (Å²) >= 11 is 0. The van der Waals surface area contributed by atoms with Gasteiger partial charge in [-0.05, 0) is 50.3 Å². The quantitative estimate of drug-likeness (QED) is 0.811. The molecular weight excluding hydrogens is 366 g/mol. The molecule has 1 amide bonds. The van der Waals surface area contributed by atoms with E-state index in [0.717, 1.165) is 76.3 Å². The van der Waals surface area contributed by atoms with Gasteiger partial charge in [-0.15, -0.1) is 5.10 Å². The highest BCUT2D eigenvalue weighted by Gasteiger charge is 2.31. The molecule has 1 aromatic carbocycles. The van der Waals surface area contributed by atoms with Gasteiger partial charge in [-0.25, -0.2) is 4.68 Å². The van der Waals surface area contributed by atoms with Crippen LogP contribution >= 0.6 is 0 Å². The maximum Gasteiger partial charge on any atom is 0.249 e. The first-order valence-electron chi connectivity index (χ1n) is 10.9. The third-order valence-electron chi connectivity index (χ3n) is 5.98. The molecule has 29 heavy (non-hydrogen) atoms. The largest absolute Gasteiger partial charge is 0.381 e. The lowest BCUT2D eigenvalue weighted by Gasteiger charge is -2.37. The van der Waals surface area contributed by atoms with Crippen molar-refractivity contribution in [3.63, 3.8) is 0 Å². The lowest BCUT2D eigenvalue weighted by molar-refractivity contribution is -0.123. The Kier molecular flexibility index (Phi) is 6.56. The predicted octanol–water partition coefficient (Wildman–Crippen LogP) is 3.05. The second-order valence-electron chi connectivity index (χ2n) is 8.00. The smallest absolute Gasteiger partial charge is 0.249 e. The Morgan fingerprint density at radius 2 is 1.97 bits per heavy atom. The molecule has 4 rings (SSSR count). The van der Waals surface area contributed by atoms with Crippen molar-refractivity contribution in [2.24, 2.45) is 5.92 Å². The first-order valence-corrected chi connectivity index (χ1v) is 10.9. The molecule has 7 nitrogen and oxygen atoms in total. The first-order chi connectivity index (χ1) is 14.2. The molecule has 2 aromatic rings. The molecule has 2 fully saturated rings. The number of nitrogens with zero attached hydrogens (tertiary/aromatic N) is 4. The van der Waals surface area contributed by atoms with Gasteiger partial charge in [0.05, 0.1) is 11.7 Å². The molecule has 1 aromatic heterocycles. The van der Waals surface area contributed by atoms with E-state index in [1.807, 2.05) is 41.9 Å².